The molecule has 0 aromatic heterocycles. The molecule has 2 saturated carbocycles. The molecule has 98 valence electrons. The fourth-order valence-corrected chi connectivity index (χ4v) is 2.86. The van der Waals surface area contributed by atoms with Crippen molar-refractivity contribution in [2.75, 3.05) is 0 Å². The number of halogens is 2. The van der Waals surface area contributed by atoms with Crippen LogP contribution in [0.4, 0.5) is 8.78 Å². The second kappa shape index (κ2) is 4.88. The molecule has 0 spiro atoms. The number of alkyl halides is 2. The van der Waals surface area contributed by atoms with Crippen LogP contribution in [0, 0.1) is 5.92 Å². The summed E-state index contributed by atoms with van der Waals surface area (Å²) in [6.07, 6.45) is 3.40. The minimum Gasteiger partial charge on any atom is -0.352 e. The zero-order valence-electron chi connectivity index (χ0n) is 9.92. The molecule has 3 nitrogen and oxygen atoms in total. The van der Waals surface area contributed by atoms with Crippen molar-refractivity contribution in [2.24, 2.45) is 11.7 Å². The first-order valence-corrected chi connectivity index (χ1v) is 6.42. The lowest BCUT2D eigenvalue weighted by molar-refractivity contribution is -0.133. The maximum absolute atomic E-state index is 13.2. The van der Waals surface area contributed by atoms with Gasteiger partial charge in [0.15, 0.2) is 0 Å². The molecular formula is C12H20F2N2O. The summed E-state index contributed by atoms with van der Waals surface area (Å²) in [5, 5.41) is 2.84. The Morgan fingerprint density at radius 1 is 1.24 bits per heavy atom. The normalized spacial score (nSPS) is 36.8. The second-order valence-corrected chi connectivity index (χ2v) is 5.36. The molecule has 2 aliphatic carbocycles. The van der Waals surface area contributed by atoms with Gasteiger partial charge in [0.25, 0.3) is 0 Å². The fourth-order valence-electron chi connectivity index (χ4n) is 2.86. The summed E-state index contributed by atoms with van der Waals surface area (Å²) in [5.41, 5.74) is 5.85. The lowest BCUT2D eigenvalue weighted by Crippen LogP contribution is -2.47. The molecule has 0 saturated heterocycles. The summed E-state index contributed by atoms with van der Waals surface area (Å²) >= 11 is 0. The van der Waals surface area contributed by atoms with Gasteiger partial charge in [-0.2, -0.15) is 0 Å². The summed E-state index contributed by atoms with van der Waals surface area (Å²) in [4.78, 5) is 11.9. The third-order valence-electron chi connectivity index (χ3n) is 3.91. The monoisotopic (exact) mass is 246 g/mol. The van der Waals surface area contributed by atoms with E-state index in [0.29, 0.717) is 12.8 Å². The van der Waals surface area contributed by atoms with Crippen molar-refractivity contribution in [3.05, 3.63) is 0 Å². The van der Waals surface area contributed by atoms with E-state index in [1.165, 1.54) is 0 Å². The summed E-state index contributed by atoms with van der Waals surface area (Å²) in [6, 6.07) is -0.0268. The molecule has 2 aliphatic rings. The quantitative estimate of drug-likeness (QED) is 0.780. The summed E-state index contributed by atoms with van der Waals surface area (Å²) in [6.45, 7) is 0. The molecular weight excluding hydrogens is 226 g/mol. The highest BCUT2D eigenvalue weighted by Crippen LogP contribution is 2.36. The molecule has 17 heavy (non-hydrogen) atoms. The van der Waals surface area contributed by atoms with Crippen LogP contribution in [-0.4, -0.2) is 23.9 Å². The van der Waals surface area contributed by atoms with E-state index in [1.54, 1.807) is 0 Å². The number of carbonyl (C=O) groups excluding carboxylic acids is 1. The van der Waals surface area contributed by atoms with Crippen LogP contribution in [0.15, 0.2) is 0 Å². The smallest absolute Gasteiger partial charge is 0.248 e. The number of carbonyl (C=O) groups is 1. The van der Waals surface area contributed by atoms with Gasteiger partial charge in [-0.05, 0) is 32.1 Å². The number of nitrogens with two attached hydrogens (primary N) is 1. The van der Waals surface area contributed by atoms with E-state index in [-0.39, 0.29) is 30.8 Å². The average Bonchev–Trinajstić information content (AvgIpc) is 2.63. The van der Waals surface area contributed by atoms with Gasteiger partial charge in [0, 0.05) is 30.8 Å². The van der Waals surface area contributed by atoms with E-state index in [0.717, 1.165) is 19.3 Å². The highest BCUT2D eigenvalue weighted by molar-refractivity contribution is 5.79. The molecule has 0 aromatic carbocycles. The molecule has 0 aromatic rings. The zero-order chi connectivity index (χ0) is 12.5. The summed E-state index contributed by atoms with van der Waals surface area (Å²) in [7, 11) is 0. The maximum atomic E-state index is 13.2. The van der Waals surface area contributed by atoms with Crippen molar-refractivity contribution in [3.63, 3.8) is 0 Å². The highest BCUT2D eigenvalue weighted by atomic mass is 19.3. The predicted octanol–water partition coefficient (Wildman–Crippen LogP) is 1.81. The Morgan fingerprint density at radius 2 is 2.00 bits per heavy atom. The van der Waals surface area contributed by atoms with Gasteiger partial charge in [-0.1, -0.05) is 0 Å². The zero-order valence-corrected chi connectivity index (χ0v) is 9.92. The van der Waals surface area contributed by atoms with Crippen LogP contribution in [0.3, 0.4) is 0 Å². The first-order valence-electron chi connectivity index (χ1n) is 6.42. The van der Waals surface area contributed by atoms with E-state index < -0.39 is 11.8 Å². The number of amides is 1. The Kier molecular flexibility index (Phi) is 3.66. The maximum Gasteiger partial charge on any atom is 0.248 e. The molecule has 0 aliphatic heterocycles. The number of hydrogen-bond donors (Lipinski definition) is 2. The van der Waals surface area contributed by atoms with Crippen molar-refractivity contribution < 1.29 is 13.6 Å². The van der Waals surface area contributed by atoms with Crippen LogP contribution >= 0.6 is 0 Å². The molecule has 2 fully saturated rings. The molecule has 1 amide bonds. The second-order valence-electron chi connectivity index (χ2n) is 5.36. The lowest BCUT2D eigenvalue weighted by atomic mass is 9.85. The van der Waals surface area contributed by atoms with Gasteiger partial charge >= 0.3 is 0 Å². The third kappa shape index (κ3) is 3.15. The SMILES string of the molecule is NC1CCCC1NC(=O)C1CCCC(F)(F)C1. The predicted molar refractivity (Wildman–Crippen MR) is 60.7 cm³/mol. The van der Waals surface area contributed by atoms with E-state index >= 15 is 0 Å². The molecule has 2 rings (SSSR count). The van der Waals surface area contributed by atoms with E-state index in [1.807, 2.05) is 0 Å². The van der Waals surface area contributed by atoms with Gasteiger partial charge in [0.2, 0.25) is 11.8 Å². The molecule has 0 bridgehead atoms. The molecule has 3 unspecified atom stereocenters. The van der Waals surface area contributed by atoms with Crippen LogP contribution in [0.25, 0.3) is 0 Å². The van der Waals surface area contributed by atoms with Gasteiger partial charge in [-0.15, -0.1) is 0 Å². The lowest BCUT2D eigenvalue weighted by Gasteiger charge is -2.29. The Hall–Kier alpha value is -0.710. The Bertz CT molecular complexity index is 296. The molecule has 5 heteroatoms. The van der Waals surface area contributed by atoms with Crippen LogP contribution < -0.4 is 11.1 Å². The van der Waals surface area contributed by atoms with Crippen LogP contribution in [0.5, 0.6) is 0 Å². The van der Waals surface area contributed by atoms with Gasteiger partial charge < -0.3 is 11.1 Å². The highest BCUT2D eigenvalue weighted by Gasteiger charge is 2.40. The Morgan fingerprint density at radius 3 is 2.59 bits per heavy atom. The van der Waals surface area contributed by atoms with Crippen LogP contribution in [-0.2, 0) is 4.79 Å². The van der Waals surface area contributed by atoms with Gasteiger partial charge in [-0.25, -0.2) is 8.78 Å². The first-order chi connectivity index (χ1) is 7.98. The van der Waals surface area contributed by atoms with E-state index in [9.17, 15) is 13.6 Å². The minimum atomic E-state index is -2.67. The molecule has 3 atom stereocenters. The van der Waals surface area contributed by atoms with Crippen molar-refractivity contribution in [3.8, 4) is 0 Å². The fraction of sp³-hybridized carbons (Fsp3) is 0.917. The average molecular weight is 246 g/mol. The van der Waals surface area contributed by atoms with Crippen molar-refractivity contribution in [2.45, 2.75) is 63.0 Å². The van der Waals surface area contributed by atoms with Gasteiger partial charge in [0.05, 0.1) is 0 Å². The number of rotatable bonds is 2. The molecule has 0 radical (unpaired) electrons. The summed E-state index contributed by atoms with van der Waals surface area (Å²) < 4.78 is 26.4. The van der Waals surface area contributed by atoms with Gasteiger partial charge in [-0.3, -0.25) is 4.79 Å². The third-order valence-corrected chi connectivity index (χ3v) is 3.91. The molecule has 3 N–H and O–H groups in total. The number of nitrogens with one attached hydrogen (secondary N) is 1. The summed E-state index contributed by atoms with van der Waals surface area (Å²) in [5.74, 6) is -3.43. The largest absolute Gasteiger partial charge is 0.352 e. The van der Waals surface area contributed by atoms with Gasteiger partial charge in [0.1, 0.15) is 0 Å². The Labute approximate surface area is 100 Å². The van der Waals surface area contributed by atoms with Crippen molar-refractivity contribution >= 4 is 5.91 Å². The minimum absolute atomic E-state index is 0.0111. The first kappa shape index (κ1) is 12.7. The van der Waals surface area contributed by atoms with Crippen LogP contribution in [0.1, 0.15) is 44.9 Å². The number of hydrogen-bond acceptors (Lipinski definition) is 2. The van der Waals surface area contributed by atoms with Crippen molar-refractivity contribution in [1.82, 2.24) is 5.32 Å². The molecule has 0 heterocycles. The topological polar surface area (TPSA) is 55.1 Å². The Balaban J connectivity index is 1.87. The standard InChI is InChI=1S/C12H20F2N2O/c13-12(14)6-2-3-8(7-12)11(17)16-10-5-1-4-9(10)15/h8-10H,1-7,15H2,(H,16,17). The van der Waals surface area contributed by atoms with E-state index in [2.05, 4.69) is 5.32 Å². The van der Waals surface area contributed by atoms with Crippen LogP contribution in [0.2, 0.25) is 0 Å². The van der Waals surface area contributed by atoms with E-state index in [4.69, 9.17) is 5.73 Å². The van der Waals surface area contributed by atoms with Crippen molar-refractivity contribution in [1.29, 1.82) is 0 Å².